The molecule has 43 heavy (non-hydrogen) atoms. The van der Waals surface area contributed by atoms with Crippen LogP contribution in [-0.2, 0) is 5.41 Å². The van der Waals surface area contributed by atoms with Crippen LogP contribution in [0.2, 0.25) is 0 Å². The maximum Gasteiger partial charge on any atom is 0.179 e. The van der Waals surface area contributed by atoms with Gasteiger partial charge in [-0.1, -0.05) is 111 Å². The molecule has 2 aliphatic heterocycles. The van der Waals surface area contributed by atoms with Crippen LogP contribution in [0.1, 0.15) is 48.9 Å². The van der Waals surface area contributed by atoms with Crippen molar-refractivity contribution in [3.05, 3.63) is 119 Å². The van der Waals surface area contributed by atoms with E-state index in [9.17, 15) is 0 Å². The minimum Gasteiger partial charge on any atom is -0.492 e. The first-order valence-corrected chi connectivity index (χ1v) is 15.3. The lowest BCUT2D eigenvalue weighted by Gasteiger charge is -2.35. The number of hydrogen-bond donors (Lipinski definition) is 0. The van der Waals surface area contributed by atoms with E-state index < -0.39 is 5.41 Å². The highest BCUT2D eigenvalue weighted by Gasteiger charge is 2.57. The molecular weight excluding hydrogens is 532 g/mol. The first-order valence-electron chi connectivity index (χ1n) is 15.3. The van der Waals surface area contributed by atoms with Gasteiger partial charge in [0.05, 0.1) is 29.8 Å². The Hall–Kier alpha value is -4.96. The number of hydrogen-bond acceptors (Lipinski definition) is 4. The van der Waals surface area contributed by atoms with Crippen molar-refractivity contribution in [3.63, 3.8) is 0 Å². The maximum absolute atomic E-state index is 6.81. The predicted octanol–water partition coefficient (Wildman–Crippen LogP) is 10.1. The number of rotatable bonds is 8. The van der Waals surface area contributed by atoms with Gasteiger partial charge in [-0.2, -0.15) is 0 Å². The van der Waals surface area contributed by atoms with Crippen LogP contribution in [0.5, 0.6) is 34.5 Å². The van der Waals surface area contributed by atoms with Crippen LogP contribution in [-0.4, -0.2) is 13.2 Å². The van der Waals surface area contributed by atoms with Crippen molar-refractivity contribution in [1.82, 2.24) is 0 Å². The number of benzene rings is 6. The van der Waals surface area contributed by atoms with E-state index in [1.165, 1.54) is 22.3 Å². The first kappa shape index (κ1) is 24.6. The summed E-state index contributed by atoms with van der Waals surface area (Å²) in [6.07, 6.45) is 1.79. The van der Waals surface area contributed by atoms with E-state index in [-0.39, 0.29) is 0 Å². The molecule has 0 radical (unpaired) electrons. The number of fused-ring (bicyclic) bond motifs is 9. The van der Waals surface area contributed by atoms with Crippen LogP contribution < -0.4 is 18.9 Å². The summed E-state index contributed by atoms with van der Waals surface area (Å²) in [5.74, 6) is 5.36. The third-order valence-corrected chi connectivity index (χ3v) is 9.08. The molecule has 0 bridgehead atoms. The molecule has 3 aliphatic rings. The van der Waals surface area contributed by atoms with Crippen molar-refractivity contribution in [2.24, 2.45) is 0 Å². The van der Waals surface area contributed by atoms with Gasteiger partial charge in [-0.05, 0) is 35.1 Å². The van der Waals surface area contributed by atoms with Gasteiger partial charge in [0.15, 0.2) is 23.0 Å². The highest BCUT2D eigenvalue weighted by atomic mass is 16.6. The molecule has 9 rings (SSSR count). The highest BCUT2D eigenvalue weighted by Crippen LogP contribution is 2.72. The van der Waals surface area contributed by atoms with Crippen LogP contribution in [0, 0.1) is 0 Å². The fourth-order valence-corrected chi connectivity index (χ4v) is 7.36. The SMILES string of the molecule is CCCOc1c(C2(c3c4c(c5ccccc5c3OCCC)O4)c3ccccc3-c3ccccc32)c2c(c3ccccc13)O2. The minimum absolute atomic E-state index is 0.598. The lowest BCUT2D eigenvalue weighted by Crippen LogP contribution is -2.29. The Bertz CT molecular complexity index is 1970. The van der Waals surface area contributed by atoms with Gasteiger partial charge in [0.1, 0.15) is 11.5 Å². The van der Waals surface area contributed by atoms with Crippen LogP contribution in [0.15, 0.2) is 97.1 Å². The average Bonchev–Trinajstić information content (AvgIpc) is 3.99. The molecule has 0 saturated carbocycles. The van der Waals surface area contributed by atoms with Crippen molar-refractivity contribution in [1.29, 1.82) is 0 Å². The summed E-state index contributed by atoms with van der Waals surface area (Å²) in [5, 5.41) is 4.27. The van der Waals surface area contributed by atoms with Crippen LogP contribution in [0.25, 0.3) is 32.7 Å². The molecule has 1 aliphatic carbocycles. The second-order valence-electron chi connectivity index (χ2n) is 11.6. The summed E-state index contributed by atoms with van der Waals surface area (Å²) >= 11 is 0. The largest absolute Gasteiger partial charge is 0.492 e. The molecule has 0 aromatic heterocycles. The quantitative estimate of drug-likeness (QED) is 0.173. The van der Waals surface area contributed by atoms with Gasteiger partial charge in [0.25, 0.3) is 0 Å². The Morgan fingerprint density at radius 1 is 0.488 bits per heavy atom. The van der Waals surface area contributed by atoms with Crippen LogP contribution in [0.3, 0.4) is 0 Å². The molecule has 0 unspecified atom stereocenters. The average molecular weight is 563 g/mol. The molecular formula is C39H30O4. The predicted molar refractivity (Wildman–Crippen MR) is 170 cm³/mol. The van der Waals surface area contributed by atoms with Gasteiger partial charge in [-0.25, -0.2) is 0 Å². The van der Waals surface area contributed by atoms with Crippen molar-refractivity contribution in [2.45, 2.75) is 32.1 Å². The molecule has 0 atom stereocenters. The third kappa shape index (κ3) is 3.21. The maximum atomic E-state index is 6.81. The van der Waals surface area contributed by atoms with E-state index in [4.69, 9.17) is 18.9 Å². The molecule has 0 N–H and O–H groups in total. The van der Waals surface area contributed by atoms with E-state index in [0.717, 1.165) is 80.0 Å². The molecule has 4 nitrogen and oxygen atoms in total. The van der Waals surface area contributed by atoms with E-state index in [0.29, 0.717) is 13.2 Å². The van der Waals surface area contributed by atoms with Crippen LogP contribution in [0.4, 0.5) is 0 Å². The van der Waals surface area contributed by atoms with Crippen LogP contribution >= 0.6 is 0 Å². The normalized spacial score (nSPS) is 14.3. The third-order valence-electron chi connectivity index (χ3n) is 9.08. The number of ether oxygens (including phenoxy) is 4. The molecule has 6 aromatic rings. The molecule has 0 spiro atoms. The Balaban J connectivity index is 1.51. The summed E-state index contributed by atoms with van der Waals surface area (Å²) in [6, 6.07) is 34.4. The smallest absolute Gasteiger partial charge is 0.179 e. The second kappa shape index (κ2) is 9.02. The molecule has 0 fully saturated rings. The zero-order valence-electron chi connectivity index (χ0n) is 24.2. The van der Waals surface area contributed by atoms with Gasteiger partial charge >= 0.3 is 0 Å². The molecule has 4 heteroatoms. The lowest BCUT2D eigenvalue weighted by atomic mass is 9.66. The summed E-state index contributed by atoms with van der Waals surface area (Å²) in [5.41, 5.74) is 6.02. The summed E-state index contributed by atoms with van der Waals surface area (Å²) in [7, 11) is 0. The van der Waals surface area contributed by atoms with Crippen molar-refractivity contribution >= 4 is 21.5 Å². The Kier molecular flexibility index (Phi) is 5.16. The van der Waals surface area contributed by atoms with Gasteiger partial charge in [0.2, 0.25) is 0 Å². The Morgan fingerprint density at radius 3 is 1.33 bits per heavy atom. The van der Waals surface area contributed by atoms with Gasteiger partial charge in [-0.15, -0.1) is 0 Å². The standard InChI is InChI=1S/C39H30O4/c1-3-21-40-33-25-15-5-7-17-27(25)35-37(42-35)31(33)39(29-19-11-9-13-23(29)24-14-10-12-20-30(24)39)32-34(41-22-4-2)26-16-6-8-18-28(26)36-38(32)43-36/h5-20H,3-4,21-22H2,1-2H3. The van der Waals surface area contributed by atoms with E-state index in [1.807, 2.05) is 0 Å². The minimum atomic E-state index is -0.797. The monoisotopic (exact) mass is 562 g/mol. The van der Waals surface area contributed by atoms with Gasteiger partial charge in [0, 0.05) is 21.5 Å². The van der Waals surface area contributed by atoms with Gasteiger partial charge < -0.3 is 18.9 Å². The van der Waals surface area contributed by atoms with E-state index >= 15 is 0 Å². The fraction of sp³-hybridized carbons (Fsp3) is 0.179. The topological polar surface area (TPSA) is 43.5 Å². The Labute approximate surface area is 250 Å². The van der Waals surface area contributed by atoms with Crippen molar-refractivity contribution in [2.75, 3.05) is 13.2 Å². The molecule has 0 saturated heterocycles. The first-order chi connectivity index (χ1) is 21.3. The zero-order valence-corrected chi connectivity index (χ0v) is 24.2. The van der Waals surface area contributed by atoms with E-state index in [1.54, 1.807) is 0 Å². The second-order valence-corrected chi connectivity index (χ2v) is 11.6. The molecule has 6 aromatic carbocycles. The summed E-state index contributed by atoms with van der Waals surface area (Å²) < 4.78 is 26.6. The summed E-state index contributed by atoms with van der Waals surface area (Å²) in [4.78, 5) is 0. The van der Waals surface area contributed by atoms with Gasteiger partial charge in [-0.3, -0.25) is 0 Å². The van der Waals surface area contributed by atoms with Crippen molar-refractivity contribution < 1.29 is 18.9 Å². The van der Waals surface area contributed by atoms with Crippen molar-refractivity contribution in [3.8, 4) is 45.6 Å². The molecule has 0 amide bonds. The molecule has 2 heterocycles. The fourth-order valence-electron chi connectivity index (χ4n) is 7.36. The molecule has 210 valence electrons. The summed E-state index contributed by atoms with van der Waals surface area (Å²) in [6.45, 7) is 5.49. The highest BCUT2D eigenvalue weighted by molar-refractivity contribution is 6.07. The lowest BCUT2D eigenvalue weighted by molar-refractivity contribution is 0.309. The Morgan fingerprint density at radius 2 is 0.884 bits per heavy atom. The van der Waals surface area contributed by atoms with E-state index in [2.05, 4.69) is 111 Å². The zero-order chi connectivity index (χ0) is 28.7.